The Labute approximate surface area is 153 Å². The van der Waals surface area contributed by atoms with Crippen LogP contribution in [0.2, 0.25) is 0 Å². The van der Waals surface area contributed by atoms with E-state index in [0.717, 1.165) is 4.90 Å². The van der Waals surface area contributed by atoms with Gasteiger partial charge in [0.05, 0.1) is 12.8 Å². The summed E-state index contributed by atoms with van der Waals surface area (Å²) in [6, 6.07) is 6.99. The van der Waals surface area contributed by atoms with Gasteiger partial charge in [-0.2, -0.15) is 10.7 Å². The van der Waals surface area contributed by atoms with Crippen LogP contribution >= 0.6 is 0 Å². The second-order valence-electron chi connectivity index (χ2n) is 7.65. The predicted octanol–water partition coefficient (Wildman–Crippen LogP) is 3.67. The molecular weight excluding hydrogens is 338 g/mol. The number of hydrogen-bond acceptors (Lipinski definition) is 7. The van der Waals surface area contributed by atoms with Gasteiger partial charge in [0.2, 0.25) is 0 Å². The molecule has 0 heterocycles. The van der Waals surface area contributed by atoms with Gasteiger partial charge in [-0.05, 0) is 58.7 Å². The number of nitrogens with one attached hydrogen (secondary N) is 1. The highest BCUT2D eigenvalue weighted by Gasteiger charge is 2.31. The second kappa shape index (κ2) is 8.66. The first-order valence-corrected chi connectivity index (χ1v) is 8.16. The Morgan fingerprint density at radius 3 is 2.12 bits per heavy atom. The minimum atomic E-state index is -0.789. The lowest BCUT2D eigenvalue weighted by atomic mass is 10.1. The van der Waals surface area contributed by atoms with E-state index in [1.807, 2.05) is 0 Å². The first kappa shape index (κ1) is 21.4. The van der Waals surface area contributed by atoms with Crippen molar-refractivity contribution in [3.8, 4) is 0 Å². The Kier molecular flexibility index (Phi) is 7.14. The number of imide groups is 1. The Balaban J connectivity index is 3.06. The van der Waals surface area contributed by atoms with Gasteiger partial charge in [-0.3, -0.25) is 5.21 Å². The third-order valence-corrected chi connectivity index (χ3v) is 2.79. The molecule has 0 aliphatic rings. The summed E-state index contributed by atoms with van der Waals surface area (Å²) >= 11 is 0. The van der Waals surface area contributed by atoms with Crippen LogP contribution < -0.4 is 5.59 Å². The standard InChI is InChI=1S/C18H27N3O5/c1-17(2,3)25-15(22)21(16(23)26-18(4,5)6)12-14-9-7-8-13(10-14)11-19-20-24/h7-11,20,24H,12H2,1-6H3. The minimum Gasteiger partial charge on any atom is -0.443 e. The van der Waals surface area contributed by atoms with Gasteiger partial charge in [0, 0.05) is 0 Å². The van der Waals surface area contributed by atoms with Crippen molar-refractivity contribution in [1.82, 2.24) is 10.5 Å². The number of carbonyl (C=O) groups is 2. The molecule has 0 atom stereocenters. The molecule has 0 unspecified atom stereocenters. The van der Waals surface area contributed by atoms with Gasteiger partial charge in [-0.25, -0.2) is 14.5 Å². The van der Waals surface area contributed by atoms with Crippen LogP contribution in [0.3, 0.4) is 0 Å². The summed E-state index contributed by atoms with van der Waals surface area (Å²) < 4.78 is 10.6. The van der Waals surface area contributed by atoms with Crippen molar-refractivity contribution in [2.45, 2.75) is 59.3 Å². The van der Waals surface area contributed by atoms with Gasteiger partial charge in [-0.1, -0.05) is 18.2 Å². The highest BCUT2D eigenvalue weighted by atomic mass is 16.6. The number of hydrogen-bond donors (Lipinski definition) is 2. The molecule has 0 bridgehead atoms. The fourth-order valence-electron chi connectivity index (χ4n) is 1.90. The molecule has 1 aromatic rings. The number of ether oxygens (including phenoxy) is 2. The lowest BCUT2D eigenvalue weighted by molar-refractivity contribution is -0.000249. The fourth-order valence-corrected chi connectivity index (χ4v) is 1.90. The predicted molar refractivity (Wildman–Crippen MR) is 97.0 cm³/mol. The van der Waals surface area contributed by atoms with Gasteiger partial charge < -0.3 is 9.47 Å². The number of amides is 2. The smallest absolute Gasteiger partial charge is 0.420 e. The van der Waals surface area contributed by atoms with Crippen LogP contribution in [-0.4, -0.2) is 39.7 Å². The summed E-state index contributed by atoms with van der Waals surface area (Å²) in [6.45, 7) is 10.3. The van der Waals surface area contributed by atoms with Crippen LogP contribution in [0.1, 0.15) is 52.7 Å². The first-order chi connectivity index (χ1) is 11.9. The molecular formula is C18H27N3O5. The average molecular weight is 365 g/mol. The minimum absolute atomic E-state index is 0.0297. The highest BCUT2D eigenvalue weighted by Crippen LogP contribution is 2.17. The molecule has 144 valence electrons. The Bertz CT molecular complexity index is 632. The summed E-state index contributed by atoms with van der Waals surface area (Å²) in [7, 11) is 0. The SMILES string of the molecule is CC(C)(C)OC(=O)N(Cc1cccc(C=NNO)c1)C(=O)OC(C)(C)C. The maximum absolute atomic E-state index is 12.5. The summed E-state index contributed by atoms with van der Waals surface area (Å²) in [6.07, 6.45) is -0.180. The van der Waals surface area contributed by atoms with E-state index < -0.39 is 23.4 Å². The fraction of sp³-hybridized carbons (Fsp3) is 0.500. The van der Waals surface area contributed by atoms with Crippen molar-refractivity contribution < 1.29 is 24.3 Å². The number of nitrogens with zero attached hydrogens (tertiary/aromatic N) is 2. The number of rotatable bonds is 4. The van der Waals surface area contributed by atoms with Gasteiger partial charge in [0.15, 0.2) is 0 Å². The molecule has 1 aromatic carbocycles. The molecule has 1 rings (SSSR count). The molecule has 0 fully saturated rings. The molecule has 2 amide bonds. The molecule has 8 heteroatoms. The largest absolute Gasteiger partial charge is 0.443 e. The second-order valence-corrected chi connectivity index (χ2v) is 7.65. The number of carbonyl (C=O) groups excluding carboxylic acids is 2. The van der Waals surface area contributed by atoms with Crippen molar-refractivity contribution in [2.24, 2.45) is 5.10 Å². The van der Waals surface area contributed by atoms with Crippen LogP contribution in [0.25, 0.3) is 0 Å². The molecule has 0 aliphatic carbocycles. The highest BCUT2D eigenvalue weighted by molar-refractivity contribution is 5.88. The zero-order valence-electron chi connectivity index (χ0n) is 16.1. The lowest BCUT2D eigenvalue weighted by Crippen LogP contribution is -2.43. The van der Waals surface area contributed by atoms with E-state index in [4.69, 9.17) is 14.7 Å². The van der Waals surface area contributed by atoms with Crippen molar-refractivity contribution >= 4 is 18.4 Å². The molecule has 0 saturated heterocycles. The van der Waals surface area contributed by atoms with Gasteiger partial charge in [0.1, 0.15) is 11.2 Å². The molecule has 26 heavy (non-hydrogen) atoms. The van der Waals surface area contributed by atoms with Crippen LogP contribution in [0.5, 0.6) is 0 Å². The Morgan fingerprint density at radius 1 is 1.12 bits per heavy atom. The van der Waals surface area contributed by atoms with Crippen LogP contribution in [0.4, 0.5) is 9.59 Å². The summed E-state index contributed by atoms with van der Waals surface area (Å²) in [5, 5.41) is 12.0. The summed E-state index contributed by atoms with van der Waals surface area (Å²) in [4.78, 5) is 25.9. The molecule has 0 aliphatic heterocycles. The zero-order chi connectivity index (χ0) is 20.0. The molecule has 2 N–H and O–H groups in total. The van der Waals surface area contributed by atoms with Gasteiger partial charge in [-0.15, -0.1) is 0 Å². The van der Waals surface area contributed by atoms with E-state index in [9.17, 15) is 9.59 Å². The molecule has 0 aromatic heterocycles. The molecule has 0 saturated carbocycles. The quantitative estimate of drug-likeness (QED) is 0.624. The van der Waals surface area contributed by atoms with Crippen LogP contribution in [0, 0.1) is 0 Å². The van der Waals surface area contributed by atoms with E-state index in [1.165, 1.54) is 6.21 Å². The van der Waals surface area contributed by atoms with Crippen molar-refractivity contribution in [3.05, 3.63) is 35.4 Å². The molecule has 0 spiro atoms. The van der Waals surface area contributed by atoms with E-state index in [1.54, 1.807) is 71.4 Å². The third-order valence-electron chi connectivity index (χ3n) is 2.79. The summed E-state index contributed by atoms with van der Waals surface area (Å²) in [5.74, 6) is 0. The number of hydrazone groups is 1. The van der Waals surface area contributed by atoms with E-state index in [-0.39, 0.29) is 6.54 Å². The Hall–Kier alpha value is -2.61. The molecule has 0 radical (unpaired) electrons. The topological polar surface area (TPSA) is 100 Å². The van der Waals surface area contributed by atoms with Crippen molar-refractivity contribution in [1.29, 1.82) is 0 Å². The lowest BCUT2D eigenvalue weighted by Gasteiger charge is -2.28. The first-order valence-electron chi connectivity index (χ1n) is 8.16. The van der Waals surface area contributed by atoms with Gasteiger partial charge >= 0.3 is 12.2 Å². The van der Waals surface area contributed by atoms with Crippen LogP contribution in [-0.2, 0) is 16.0 Å². The number of benzene rings is 1. The van der Waals surface area contributed by atoms with E-state index in [0.29, 0.717) is 11.1 Å². The maximum Gasteiger partial charge on any atom is 0.420 e. The monoisotopic (exact) mass is 365 g/mol. The van der Waals surface area contributed by atoms with Crippen LogP contribution in [0.15, 0.2) is 29.4 Å². The van der Waals surface area contributed by atoms with E-state index in [2.05, 4.69) is 5.10 Å². The normalized spacial score (nSPS) is 12.0. The average Bonchev–Trinajstić information content (AvgIpc) is 2.47. The van der Waals surface area contributed by atoms with Crippen molar-refractivity contribution in [2.75, 3.05) is 0 Å². The maximum atomic E-state index is 12.5. The zero-order valence-corrected chi connectivity index (χ0v) is 16.1. The van der Waals surface area contributed by atoms with Gasteiger partial charge in [0.25, 0.3) is 0 Å². The summed E-state index contributed by atoms with van der Waals surface area (Å²) in [5.41, 5.74) is 1.52. The van der Waals surface area contributed by atoms with Crippen molar-refractivity contribution in [3.63, 3.8) is 0 Å². The van der Waals surface area contributed by atoms with E-state index >= 15 is 0 Å². The Morgan fingerprint density at radius 2 is 1.65 bits per heavy atom. The molecule has 8 nitrogen and oxygen atoms in total. The third kappa shape index (κ3) is 7.98.